The van der Waals surface area contributed by atoms with Gasteiger partial charge in [-0.25, -0.2) is 19.3 Å². The Balaban J connectivity index is 1.32. The first-order chi connectivity index (χ1) is 19.4. The number of aryl methyl sites for hydroxylation is 2. The zero-order chi connectivity index (χ0) is 29.2. The molecule has 1 saturated carbocycles. The molecule has 1 aliphatic heterocycles. The zero-order valence-corrected chi connectivity index (χ0v) is 24.7. The number of likely N-dealkylation sites (tertiary alicyclic amines) is 1. The van der Waals surface area contributed by atoms with Crippen molar-refractivity contribution in [3.05, 3.63) is 69.9 Å². The van der Waals surface area contributed by atoms with Gasteiger partial charge in [-0.2, -0.15) is 5.10 Å². The lowest BCUT2D eigenvalue weighted by Crippen LogP contribution is -2.45. The van der Waals surface area contributed by atoms with Crippen LogP contribution in [0.4, 0.5) is 4.39 Å². The predicted octanol–water partition coefficient (Wildman–Crippen LogP) is 4.80. The lowest BCUT2D eigenvalue weighted by atomic mass is 9.96. The standard InChI is InChI=1S/C30H28BrFN6O3/c1-15-5-6-26(31)35-22(15)9-24(40)23-10-30(4)11-25(30)38(23)27(41)14-37-29-20(28(36-37)16(2)39)7-18(8-21(29)32)19-12-33-17(3)34-13-19/h5-8,12-13,23,25H,9-11,14H2,1-4H3/t23-,25+,30-/m0/s1. The van der Waals surface area contributed by atoms with Gasteiger partial charge < -0.3 is 4.90 Å². The first kappa shape index (κ1) is 27.3. The highest BCUT2D eigenvalue weighted by Crippen LogP contribution is 2.59. The molecule has 0 N–H and O–H groups in total. The molecule has 0 unspecified atom stereocenters. The maximum atomic E-state index is 15.6. The van der Waals surface area contributed by atoms with Crippen molar-refractivity contribution in [3.63, 3.8) is 0 Å². The maximum Gasteiger partial charge on any atom is 0.245 e. The molecule has 1 aromatic carbocycles. The van der Waals surface area contributed by atoms with Crippen LogP contribution in [0.5, 0.6) is 0 Å². The highest BCUT2D eigenvalue weighted by atomic mass is 79.9. The van der Waals surface area contributed by atoms with Gasteiger partial charge in [-0.3, -0.25) is 19.1 Å². The van der Waals surface area contributed by atoms with Crippen LogP contribution in [-0.4, -0.2) is 59.2 Å². The number of Topliss-reactive ketones (excluding diaryl/α,β-unsaturated/α-hetero) is 2. The summed E-state index contributed by atoms with van der Waals surface area (Å²) in [7, 11) is 0. The number of hydrogen-bond donors (Lipinski definition) is 0. The largest absolute Gasteiger partial charge is 0.327 e. The molecule has 11 heteroatoms. The molecule has 41 heavy (non-hydrogen) atoms. The minimum atomic E-state index is -0.618. The van der Waals surface area contributed by atoms with Gasteiger partial charge in [0.25, 0.3) is 0 Å². The van der Waals surface area contributed by atoms with Gasteiger partial charge in [0.05, 0.1) is 18.2 Å². The molecule has 1 aliphatic carbocycles. The molecular weight excluding hydrogens is 591 g/mol. The number of piperidine rings is 1. The Labute approximate surface area is 244 Å². The summed E-state index contributed by atoms with van der Waals surface area (Å²) in [5, 5.41) is 4.68. The third-order valence-electron chi connectivity index (χ3n) is 8.33. The van der Waals surface area contributed by atoms with Gasteiger partial charge >= 0.3 is 0 Å². The Bertz CT molecular complexity index is 1750. The second-order valence-corrected chi connectivity index (χ2v) is 12.2. The van der Waals surface area contributed by atoms with Gasteiger partial charge in [0.15, 0.2) is 11.6 Å². The minimum absolute atomic E-state index is 0.0624. The Hall–Kier alpha value is -3.86. The van der Waals surface area contributed by atoms with E-state index in [1.807, 2.05) is 19.1 Å². The molecule has 1 amide bonds. The van der Waals surface area contributed by atoms with E-state index >= 15 is 4.39 Å². The van der Waals surface area contributed by atoms with Crippen LogP contribution in [0.25, 0.3) is 22.0 Å². The number of carbonyl (C=O) groups excluding carboxylic acids is 3. The topological polar surface area (TPSA) is 111 Å². The van der Waals surface area contributed by atoms with Crippen LogP contribution >= 0.6 is 15.9 Å². The van der Waals surface area contributed by atoms with Crippen molar-refractivity contribution in [2.45, 2.75) is 65.6 Å². The van der Waals surface area contributed by atoms with Crippen LogP contribution in [0.3, 0.4) is 0 Å². The number of hydrogen-bond acceptors (Lipinski definition) is 7. The normalized spacial score (nSPS) is 21.3. The number of halogens is 2. The van der Waals surface area contributed by atoms with E-state index in [1.165, 1.54) is 17.7 Å². The fourth-order valence-electron chi connectivity index (χ4n) is 5.98. The molecule has 3 atom stereocenters. The molecule has 3 aromatic heterocycles. The maximum absolute atomic E-state index is 15.6. The van der Waals surface area contributed by atoms with Crippen LogP contribution in [0.15, 0.2) is 41.3 Å². The number of fused-ring (bicyclic) bond motifs is 2. The third kappa shape index (κ3) is 4.86. The number of benzene rings is 1. The summed E-state index contributed by atoms with van der Waals surface area (Å²) in [6.07, 6.45) is 4.68. The van der Waals surface area contributed by atoms with E-state index in [2.05, 4.69) is 42.9 Å². The third-order valence-corrected chi connectivity index (χ3v) is 8.78. The first-order valence-corrected chi connectivity index (χ1v) is 14.2. The van der Waals surface area contributed by atoms with Crippen molar-refractivity contribution in [1.29, 1.82) is 0 Å². The Kier molecular flexibility index (Phi) is 6.60. The van der Waals surface area contributed by atoms with E-state index in [4.69, 9.17) is 0 Å². The van der Waals surface area contributed by atoms with E-state index in [9.17, 15) is 14.4 Å². The monoisotopic (exact) mass is 618 g/mol. The molecular formula is C30H28BrFN6O3. The average molecular weight is 619 g/mol. The van der Waals surface area contributed by atoms with Crippen LogP contribution in [0.2, 0.25) is 0 Å². The highest BCUT2D eigenvalue weighted by molar-refractivity contribution is 9.10. The van der Waals surface area contributed by atoms with Crippen LogP contribution in [0, 0.1) is 25.1 Å². The summed E-state index contributed by atoms with van der Waals surface area (Å²) < 4.78 is 17.5. The Morgan fingerprint density at radius 3 is 2.54 bits per heavy atom. The van der Waals surface area contributed by atoms with E-state index in [0.29, 0.717) is 39.1 Å². The summed E-state index contributed by atoms with van der Waals surface area (Å²) in [6.45, 7) is 6.80. The predicted molar refractivity (Wildman–Crippen MR) is 153 cm³/mol. The average Bonchev–Trinajstić information content (AvgIpc) is 3.27. The number of aromatic nitrogens is 5. The first-order valence-electron chi connectivity index (χ1n) is 13.4. The van der Waals surface area contributed by atoms with Crippen LogP contribution in [0.1, 0.15) is 54.3 Å². The van der Waals surface area contributed by atoms with Crippen molar-refractivity contribution in [1.82, 2.24) is 29.6 Å². The fourth-order valence-corrected chi connectivity index (χ4v) is 6.32. The van der Waals surface area contributed by atoms with Gasteiger partial charge in [-0.1, -0.05) is 13.0 Å². The van der Waals surface area contributed by atoms with Crippen molar-refractivity contribution in [2.75, 3.05) is 0 Å². The van der Waals surface area contributed by atoms with Crippen molar-refractivity contribution >= 4 is 44.3 Å². The van der Waals surface area contributed by atoms with E-state index in [0.717, 1.165) is 12.0 Å². The molecule has 1 saturated heterocycles. The van der Waals surface area contributed by atoms with Crippen molar-refractivity contribution in [3.8, 4) is 11.1 Å². The lowest BCUT2D eigenvalue weighted by Gasteiger charge is -2.27. The summed E-state index contributed by atoms with van der Waals surface area (Å²) >= 11 is 3.37. The molecule has 6 rings (SSSR count). The number of nitrogens with zero attached hydrogens (tertiary/aromatic N) is 6. The second-order valence-electron chi connectivity index (χ2n) is 11.4. The molecule has 4 aromatic rings. The van der Waals surface area contributed by atoms with Gasteiger partial charge in [0, 0.05) is 36.3 Å². The number of carbonyl (C=O) groups is 3. The summed E-state index contributed by atoms with van der Waals surface area (Å²) in [6, 6.07) is 6.06. The van der Waals surface area contributed by atoms with Gasteiger partial charge in [0.1, 0.15) is 34.0 Å². The van der Waals surface area contributed by atoms with Crippen LogP contribution < -0.4 is 0 Å². The second kappa shape index (κ2) is 9.90. The van der Waals surface area contributed by atoms with Crippen LogP contribution in [-0.2, 0) is 22.6 Å². The number of rotatable bonds is 7. The summed E-state index contributed by atoms with van der Waals surface area (Å²) in [4.78, 5) is 54.3. The minimum Gasteiger partial charge on any atom is -0.327 e. The Morgan fingerprint density at radius 2 is 1.83 bits per heavy atom. The van der Waals surface area contributed by atoms with Gasteiger partial charge in [-0.05, 0) is 77.4 Å². The SMILES string of the molecule is CC(=O)c1nn(CC(=O)N2[C@H](C(=O)Cc3nc(Br)ccc3C)C[C@@]3(C)C[C@@H]23)c2c(F)cc(-c3cnc(C)nc3)cc12. The lowest BCUT2D eigenvalue weighted by molar-refractivity contribution is -0.139. The van der Waals surface area contributed by atoms with Crippen molar-refractivity contribution < 1.29 is 18.8 Å². The molecule has 0 radical (unpaired) electrons. The smallest absolute Gasteiger partial charge is 0.245 e. The quantitative estimate of drug-likeness (QED) is 0.216. The zero-order valence-electron chi connectivity index (χ0n) is 23.1. The summed E-state index contributed by atoms with van der Waals surface area (Å²) in [5.74, 6) is -0.791. The molecule has 210 valence electrons. The molecule has 2 fully saturated rings. The molecule has 0 bridgehead atoms. The van der Waals surface area contributed by atoms with E-state index in [1.54, 1.807) is 30.3 Å². The molecule has 4 heterocycles. The number of amides is 1. The molecule has 9 nitrogen and oxygen atoms in total. The Morgan fingerprint density at radius 1 is 1.10 bits per heavy atom. The van der Waals surface area contributed by atoms with E-state index in [-0.39, 0.29) is 53.1 Å². The number of pyridine rings is 1. The molecule has 2 aliphatic rings. The van der Waals surface area contributed by atoms with Gasteiger partial charge in [0.2, 0.25) is 5.91 Å². The van der Waals surface area contributed by atoms with E-state index < -0.39 is 11.9 Å². The molecule has 0 spiro atoms. The number of ketones is 2. The van der Waals surface area contributed by atoms with Crippen molar-refractivity contribution in [2.24, 2.45) is 5.41 Å². The summed E-state index contributed by atoms with van der Waals surface area (Å²) in [5.41, 5.74) is 2.68. The van der Waals surface area contributed by atoms with Gasteiger partial charge in [-0.15, -0.1) is 0 Å². The highest BCUT2D eigenvalue weighted by Gasteiger charge is 2.64. The fraction of sp³-hybridized carbons (Fsp3) is 0.367.